The van der Waals surface area contributed by atoms with Crippen LogP contribution in [0.25, 0.3) is 0 Å². The number of carbonyl (C=O) groups excluding carboxylic acids is 1. The molecular formula is C29H35ClN4O4S. The molecule has 0 aromatic heterocycles. The number of piperazine rings is 1. The number of nitrogens with one attached hydrogen (secondary N) is 2. The van der Waals surface area contributed by atoms with Crippen molar-refractivity contribution in [3.05, 3.63) is 78.4 Å². The molecule has 1 aliphatic heterocycles. The molecule has 0 bridgehead atoms. The molecule has 3 aromatic carbocycles. The summed E-state index contributed by atoms with van der Waals surface area (Å²) >= 11 is 5.72. The van der Waals surface area contributed by atoms with Gasteiger partial charge in [0.2, 0.25) is 15.9 Å². The zero-order valence-corrected chi connectivity index (χ0v) is 23.8. The highest BCUT2D eigenvalue weighted by atomic mass is 35.5. The number of carbonyl (C=O) groups is 1. The number of hydrogen-bond donors (Lipinski definition) is 2. The molecule has 1 aliphatic rings. The third-order valence-corrected chi connectivity index (χ3v) is 8.60. The summed E-state index contributed by atoms with van der Waals surface area (Å²) < 4.78 is 35.6. The zero-order chi connectivity index (χ0) is 27.8. The molecule has 1 heterocycles. The summed E-state index contributed by atoms with van der Waals surface area (Å²) in [7, 11) is -2.28. The summed E-state index contributed by atoms with van der Waals surface area (Å²) in [6.07, 6.45) is 0.815. The van der Waals surface area contributed by atoms with Gasteiger partial charge in [0.1, 0.15) is 10.6 Å². The van der Waals surface area contributed by atoms with Gasteiger partial charge >= 0.3 is 0 Å². The first-order chi connectivity index (χ1) is 18.8. The van der Waals surface area contributed by atoms with E-state index >= 15 is 0 Å². The second-order valence-corrected chi connectivity index (χ2v) is 11.5. The largest absolute Gasteiger partial charge is 0.497 e. The van der Waals surface area contributed by atoms with E-state index in [0.29, 0.717) is 36.8 Å². The van der Waals surface area contributed by atoms with E-state index in [1.807, 2.05) is 61.5 Å². The number of halogens is 1. The molecule has 0 aliphatic carbocycles. The molecular weight excluding hydrogens is 536 g/mol. The maximum atomic E-state index is 13.7. The van der Waals surface area contributed by atoms with Crippen LogP contribution in [-0.2, 0) is 14.8 Å². The molecule has 2 N–H and O–H groups in total. The van der Waals surface area contributed by atoms with Gasteiger partial charge in [-0.05, 0) is 61.4 Å². The molecule has 10 heteroatoms. The summed E-state index contributed by atoms with van der Waals surface area (Å²) in [6, 6.07) is 22.0. The Bertz CT molecular complexity index is 1350. The lowest BCUT2D eigenvalue weighted by molar-refractivity contribution is -0.116. The van der Waals surface area contributed by atoms with Crippen LogP contribution in [0, 0.1) is 0 Å². The van der Waals surface area contributed by atoms with Crippen LogP contribution >= 0.6 is 11.6 Å². The molecule has 0 saturated carbocycles. The first-order valence-corrected chi connectivity index (χ1v) is 15.0. The zero-order valence-electron chi connectivity index (χ0n) is 22.3. The Morgan fingerprint density at radius 1 is 0.974 bits per heavy atom. The molecule has 3 aromatic rings. The highest BCUT2D eigenvalue weighted by Crippen LogP contribution is 2.31. The normalized spacial score (nSPS) is 14.6. The van der Waals surface area contributed by atoms with E-state index in [2.05, 4.69) is 19.8 Å². The summed E-state index contributed by atoms with van der Waals surface area (Å²) in [5, 5.41) is 2.82. The predicted octanol–water partition coefficient (Wildman–Crippen LogP) is 5.02. The van der Waals surface area contributed by atoms with Gasteiger partial charge in [0, 0.05) is 55.9 Å². The molecule has 0 unspecified atom stereocenters. The Morgan fingerprint density at radius 3 is 2.28 bits per heavy atom. The number of sulfonamides is 1. The minimum absolute atomic E-state index is 0.137. The van der Waals surface area contributed by atoms with Crippen molar-refractivity contribution in [2.75, 3.05) is 54.3 Å². The highest BCUT2D eigenvalue weighted by molar-refractivity contribution is 7.89. The first-order valence-electron chi connectivity index (χ1n) is 13.0. The minimum Gasteiger partial charge on any atom is -0.497 e. The van der Waals surface area contributed by atoms with Crippen molar-refractivity contribution in [1.29, 1.82) is 0 Å². The van der Waals surface area contributed by atoms with Crippen molar-refractivity contribution in [2.24, 2.45) is 0 Å². The van der Waals surface area contributed by atoms with Crippen molar-refractivity contribution in [3.63, 3.8) is 0 Å². The van der Waals surface area contributed by atoms with Crippen LogP contribution in [0.5, 0.6) is 5.75 Å². The van der Waals surface area contributed by atoms with Gasteiger partial charge < -0.3 is 19.9 Å². The van der Waals surface area contributed by atoms with Crippen LogP contribution in [0.15, 0.2) is 77.7 Å². The third kappa shape index (κ3) is 7.44. The fourth-order valence-corrected chi connectivity index (χ4v) is 6.24. The van der Waals surface area contributed by atoms with Gasteiger partial charge in [-0.3, -0.25) is 4.79 Å². The maximum absolute atomic E-state index is 13.7. The second kappa shape index (κ2) is 13.2. The molecule has 1 saturated heterocycles. The lowest BCUT2D eigenvalue weighted by Gasteiger charge is -2.38. The Morgan fingerprint density at radius 2 is 1.64 bits per heavy atom. The Balaban J connectivity index is 1.57. The predicted molar refractivity (Wildman–Crippen MR) is 158 cm³/mol. The maximum Gasteiger partial charge on any atom is 0.243 e. The number of nitrogens with zero attached hydrogens (tertiary/aromatic N) is 2. The molecule has 8 nitrogen and oxygen atoms in total. The lowest BCUT2D eigenvalue weighted by Crippen LogP contribution is -2.47. The second-order valence-electron chi connectivity index (χ2n) is 9.45. The number of ether oxygens (including phenoxy) is 1. The van der Waals surface area contributed by atoms with E-state index in [0.717, 1.165) is 30.1 Å². The van der Waals surface area contributed by atoms with E-state index in [1.165, 1.54) is 0 Å². The SMILES string of the molecule is COc1ccc(N2CCN(c3ccc(NC(=O)CCCCl)cc3S(=O)(=O)N[C@@H](C)c3ccccc3)CC2)cc1. The smallest absolute Gasteiger partial charge is 0.243 e. The Kier molecular flexibility index (Phi) is 9.72. The monoisotopic (exact) mass is 570 g/mol. The Labute approximate surface area is 236 Å². The Hall–Kier alpha value is -3.27. The summed E-state index contributed by atoms with van der Waals surface area (Å²) in [6.45, 7) is 4.57. The number of benzene rings is 3. The van der Waals surface area contributed by atoms with E-state index in [1.54, 1.807) is 25.3 Å². The van der Waals surface area contributed by atoms with Gasteiger partial charge in [-0.2, -0.15) is 0 Å². The van der Waals surface area contributed by atoms with Crippen LogP contribution < -0.4 is 24.6 Å². The van der Waals surface area contributed by atoms with E-state index in [9.17, 15) is 13.2 Å². The lowest BCUT2D eigenvalue weighted by atomic mass is 10.1. The molecule has 1 amide bonds. The third-order valence-electron chi connectivity index (χ3n) is 6.76. The van der Waals surface area contributed by atoms with E-state index < -0.39 is 16.1 Å². The number of hydrogen-bond acceptors (Lipinski definition) is 6. The van der Waals surface area contributed by atoms with Gasteiger partial charge in [-0.15, -0.1) is 11.6 Å². The van der Waals surface area contributed by atoms with E-state index in [4.69, 9.17) is 16.3 Å². The number of amides is 1. The summed E-state index contributed by atoms with van der Waals surface area (Å²) in [4.78, 5) is 16.8. The topological polar surface area (TPSA) is 91.0 Å². The fraction of sp³-hybridized carbons (Fsp3) is 0.345. The van der Waals surface area contributed by atoms with Crippen molar-refractivity contribution < 1.29 is 17.9 Å². The average Bonchev–Trinajstić information content (AvgIpc) is 2.96. The standard InChI is InChI=1S/C29H35ClN4O4S/c1-22(23-7-4-3-5-8-23)32-39(36,37)28-21-24(31-29(35)9-6-16-30)10-15-27(28)34-19-17-33(18-20-34)25-11-13-26(38-2)14-12-25/h3-5,7-8,10-15,21-22,32H,6,9,16-20H2,1-2H3,(H,31,35)/t22-/m0/s1. The van der Waals surface area contributed by atoms with Gasteiger partial charge in [-0.1, -0.05) is 30.3 Å². The first kappa shape index (κ1) is 28.7. The molecule has 0 radical (unpaired) electrons. The number of methoxy groups -OCH3 is 1. The van der Waals surface area contributed by atoms with Gasteiger partial charge in [0.05, 0.1) is 12.8 Å². The van der Waals surface area contributed by atoms with Gasteiger partial charge in [0.25, 0.3) is 0 Å². The minimum atomic E-state index is -3.93. The average molecular weight is 571 g/mol. The summed E-state index contributed by atoms with van der Waals surface area (Å²) in [5.74, 6) is 0.986. The molecule has 208 valence electrons. The molecule has 4 rings (SSSR count). The van der Waals surface area contributed by atoms with Crippen molar-refractivity contribution in [2.45, 2.75) is 30.7 Å². The quantitative estimate of drug-likeness (QED) is 0.315. The fourth-order valence-electron chi connectivity index (χ4n) is 4.62. The van der Waals surface area contributed by atoms with Crippen LogP contribution in [0.2, 0.25) is 0 Å². The van der Waals surface area contributed by atoms with Crippen LogP contribution in [0.3, 0.4) is 0 Å². The van der Waals surface area contributed by atoms with Crippen LogP contribution in [0.1, 0.15) is 31.4 Å². The van der Waals surface area contributed by atoms with E-state index in [-0.39, 0.29) is 17.2 Å². The summed E-state index contributed by atoms with van der Waals surface area (Å²) in [5.41, 5.74) is 3.00. The molecule has 39 heavy (non-hydrogen) atoms. The number of anilines is 3. The van der Waals surface area contributed by atoms with Crippen molar-refractivity contribution in [3.8, 4) is 5.75 Å². The van der Waals surface area contributed by atoms with Crippen LogP contribution in [-0.4, -0.2) is 53.5 Å². The molecule has 0 spiro atoms. The van der Waals surface area contributed by atoms with Crippen LogP contribution in [0.4, 0.5) is 17.1 Å². The van der Waals surface area contributed by atoms with Crippen molar-refractivity contribution in [1.82, 2.24) is 4.72 Å². The highest BCUT2D eigenvalue weighted by Gasteiger charge is 2.27. The number of rotatable bonds is 11. The van der Waals surface area contributed by atoms with Gasteiger partial charge in [0.15, 0.2) is 0 Å². The molecule has 1 atom stereocenters. The molecule has 1 fully saturated rings. The number of alkyl halides is 1. The van der Waals surface area contributed by atoms with Gasteiger partial charge in [-0.25, -0.2) is 13.1 Å². The van der Waals surface area contributed by atoms with Crippen molar-refractivity contribution >= 4 is 44.6 Å².